The van der Waals surface area contributed by atoms with Crippen molar-refractivity contribution in [3.63, 3.8) is 0 Å². The molecule has 1 aliphatic heterocycles. The van der Waals surface area contributed by atoms with Crippen LogP contribution in [0.4, 0.5) is 11.4 Å². The summed E-state index contributed by atoms with van der Waals surface area (Å²) in [4.78, 5) is 12.0. The molecule has 0 aromatic heterocycles. The predicted octanol–water partition coefficient (Wildman–Crippen LogP) is 3.16. The molecule has 2 rings (SSSR count). The zero-order valence-electron chi connectivity index (χ0n) is 8.55. The number of rotatable bonds is 2. The summed E-state index contributed by atoms with van der Waals surface area (Å²) in [7, 11) is 0. The van der Waals surface area contributed by atoms with Gasteiger partial charge in [-0.2, -0.15) is 0 Å². The summed E-state index contributed by atoms with van der Waals surface area (Å²) in [5.41, 5.74) is 0.268. The molecule has 1 heterocycles. The lowest BCUT2D eigenvalue weighted by atomic mass is 10.2. The number of hydrogen-bond acceptors (Lipinski definition) is 4. The number of para-hydroxylation sites is 1. The Morgan fingerprint density at radius 1 is 1.53 bits per heavy atom. The van der Waals surface area contributed by atoms with Crippen LogP contribution < -0.4 is 4.90 Å². The molecule has 1 aromatic rings. The Hall–Kier alpha value is -0.980. The van der Waals surface area contributed by atoms with E-state index in [4.69, 9.17) is 17.0 Å². The molecular weight excluding hydrogens is 285 g/mol. The van der Waals surface area contributed by atoms with Crippen LogP contribution in [0.5, 0.6) is 0 Å². The lowest BCUT2D eigenvalue weighted by Gasteiger charge is -2.17. The maximum absolute atomic E-state index is 10.9. The third-order valence-corrected chi connectivity index (χ3v) is 3.42. The third-order valence-electron chi connectivity index (χ3n) is 2.23. The molecule has 0 atom stereocenters. The fraction of sp³-hybridized carbons (Fsp3) is 0.222. The quantitative estimate of drug-likeness (QED) is 0.672. The Balaban J connectivity index is 0.00000144. The molecule has 92 valence electrons. The van der Waals surface area contributed by atoms with Crippen LogP contribution in [0.2, 0.25) is 5.02 Å². The highest BCUT2D eigenvalue weighted by molar-refractivity contribution is 8.14. The zero-order valence-corrected chi connectivity index (χ0v) is 10.9. The molecule has 1 saturated heterocycles. The zero-order chi connectivity index (χ0) is 11.7. The van der Waals surface area contributed by atoms with Gasteiger partial charge in [-0.25, -0.2) is 0 Å². The second kappa shape index (κ2) is 5.57. The number of halogens is 2. The Morgan fingerprint density at radius 3 is 2.76 bits per heavy atom. The maximum Gasteiger partial charge on any atom is 0.294 e. The van der Waals surface area contributed by atoms with Gasteiger partial charge in [-0.15, -0.1) is 12.4 Å². The molecule has 1 N–H and O–H groups in total. The summed E-state index contributed by atoms with van der Waals surface area (Å²) in [6, 6.07) is 4.54. The Bertz CT molecular complexity index is 470. The molecule has 0 aliphatic carbocycles. The summed E-state index contributed by atoms with van der Waals surface area (Å²) in [5, 5.41) is 19.2. The van der Waals surface area contributed by atoms with E-state index >= 15 is 0 Å². The minimum atomic E-state index is -0.475. The van der Waals surface area contributed by atoms with Crippen molar-refractivity contribution < 1.29 is 4.92 Å². The molecule has 1 fully saturated rings. The van der Waals surface area contributed by atoms with Gasteiger partial charge in [-0.05, 0) is 6.07 Å². The predicted molar refractivity (Wildman–Crippen MR) is 72.9 cm³/mol. The highest BCUT2D eigenvalue weighted by Crippen LogP contribution is 2.38. The first kappa shape index (κ1) is 14.1. The van der Waals surface area contributed by atoms with Crippen LogP contribution in [0.1, 0.15) is 0 Å². The van der Waals surface area contributed by atoms with Gasteiger partial charge in [0.15, 0.2) is 5.17 Å². The molecule has 8 heteroatoms. The fourth-order valence-corrected chi connectivity index (χ4v) is 2.62. The van der Waals surface area contributed by atoms with Crippen molar-refractivity contribution >= 4 is 52.3 Å². The number of benzene rings is 1. The summed E-state index contributed by atoms with van der Waals surface area (Å²) < 4.78 is 0. The van der Waals surface area contributed by atoms with Gasteiger partial charge in [0, 0.05) is 18.4 Å². The van der Waals surface area contributed by atoms with Crippen LogP contribution in [-0.4, -0.2) is 22.4 Å². The molecule has 0 unspecified atom stereocenters. The smallest absolute Gasteiger partial charge is 0.294 e. The second-order valence-electron chi connectivity index (χ2n) is 3.17. The van der Waals surface area contributed by atoms with Crippen LogP contribution in [-0.2, 0) is 0 Å². The van der Waals surface area contributed by atoms with Crippen molar-refractivity contribution in [2.45, 2.75) is 0 Å². The number of amidine groups is 1. The van der Waals surface area contributed by atoms with E-state index in [9.17, 15) is 10.1 Å². The fourth-order valence-electron chi connectivity index (χ4n) is 1.54. The van der Waals surface area contributed by atoms with E-state index in [0.717, 1.165) is 5.75 Å². The minimum absolute atomic E-state index is 0. The average Bonchev–Trinajstić information content (AvgIpc) is 2.64. The van der Waals surface area contributed by atoms with Gasteiger partial charge in [0.2, 0.25) is 0 Å². The van der Waals surface area contributed by atoms with Crippen LogP contribution in [0, 0.1) is 15.5 Å². The summed E-state index contributed by atoms with van der Waals surface area (Å²) in [5.74, 6) is 0.751. The van der Waals surface area contributed by atoms with E-state index in [1.54, 1.807) is 11.0 Å². The number of nitro benzene ring substituents is 1. The van der Waals surface area contributed by atoms with Crippen LogP contribution >= 0.6 is 35.8 Å². The number of nitrogens with one attached hydrogen (secondary N) is 1. The molecule has 17 heavy (non-hydrogen) atoms. The molecule has 0 spiro atoms. The van der Waals surface area contributed by atoms with E-state index in [1.165, 1.54) is 23.9 Å². The van der Waals surface area contributed by atoms with E-state index in [-0.39, 0.29) is 18.1 Å². The van der Waals surface area contributed by atoms with Gasteiger partial charge in [0.05, 0.1) is 9.95 Å². The number of nitro groups is 1. The van der Waals surface area contributed by atoms with Crippen LogP contribution in [0.3, 0.4) is 0 Å². The molecule has 0 saturated carbocycles. The molecular formula is C9H9Cl2N3O2S. The van der Waals surface area contributed by atoms with Gasteiger partial charge in [-0.3, -0.25) is 15.5 Å². The number of nitrogens with zero attached hydrogens (tertiary/aromatic N) is 2. The first-order valence-electron chi connectivity index (χ1n) is 4.53. The van der Waals surface area contributed by atoms with Gasteiger partial charge >= 0.3 is 0 Å². The van der Waals surface area contributed by atoms with Crippen molar-refractivity contribution in [2.24, 2.45) is 0 Å². The SMILES string of the molecule is Cl.N=C1SCCN1c1c(Cl)cccc1[N+](=O)[O-]. The third kappa shape index (κ3) is 2.65. The molecule has 1 aliphatic rings. The lowest BCUT2D eigenvalue weighted by molar-refractivity contribution is -0.384. The van der Waals surface area contributed by atoms with Crippen molar-refractivity contribution in [2.75, 3.05) is 17.2 Å². The topological polar surface area (TPSA) is 70.2 Å². The monoisotopic (exact) mass is 293 g/mol. The molecule has 1 aromatic carbocycles. The van der Waals surface area contributed by atoms with Crippen molar-refractivity contribution in [3.05, 3.63) is 33.3 Å². The summed E-state index contributed by atoms with van der Waals surface area (Å²) >= 11 is 7.32. The lowest BCUT2D eigenvalue weighted by Crippen LogP contribution is -2.24. The van der Waals surface area contributed by atoms with E-state index < -0.39 is 4.92 Å². The highest BCUT2D eigenvalue weighted by Gasteiger charge is 2.28. The standard InChI is InChI=1S/C9H8ClN3O2S.ClH/c10-6-2-1-3-7(13(14)15)8(6)12-4-5-16-9(12)11;/h1-3,11H,4-5H2;1H. The first-order valence-corrected chi connectivity index (χ1v) is 5.89. The van der Waals surface area contributed by atoms with Crippen LogP contribution in [0.15, 0.2) is 18.2 Å². The summed E-state index contributed by atoms with van der Waals surface area (Å²) in [6.07, 6.45) is 0. The molecule has 0 amide bonds. The first-order chi connectivity index (χ1) is 7.61. The van der Waals surface area contributed by atoms with Gasteiger partial charge < -0.3 is 4.90 Å². The normalized spacial score (nSPS) is 14.6. The Kier molecular flexibility index (Phi) is 4.62. The Morgan fingerprint density at radius 2 is 2.24 bits per heavy atom. The second-order valence-corrected chi connectivity index (χ2v) is 4.66. The number of hydrogen-bond donors (Lipinski definition) is 1. The van der Waals surface area contributed by atoms with Crippen molar-refractivity contribution in [1.82, 2.24) is 0 Å². The van der Waals surface area contributed by atoms with Gasteiger partial charge in [-0.1, -0.05) is 29.4 Å². The summed E-state index contributed by atoms with van der Waals surface area (Å²) in [6.45, 7) is 0.577. The van der Waals surface area contributed by atoms with Crippen molar-refractivity contribution in [3.8, 4) is 0 Å². The molecule has 5 nitrogen and oxygen atoms in total. The molecule has 0 bridgehead atoms. The van der Waals surface area contributed by atoms with E-state index in [0.29, 0.717) is 22.4 Å². The maximum atomic E-state index is 10.9. The van der Waals surface area contributed by atoms with E-state index in [1.807, 2.05) is 0 Å². The van der Waals surface area contributed by atoms with Crippen LogP contribution in [0.25, 0.3) is 0 Å². The Labute approximate surface area is 113 Å². The van der Waals surface area contributed by atoms with Crippen molar-refractivity contribution in [1.29, 1.82) is 5.41 Å². The van der Waals surface area contributed by atoms with Gasteiger partial charge in [0.25, 0.3) is 5.69 Å². The van der Waals surface area contributed by atoms with E-state index in [2.05, 4.69) is 0 Å². The highest BCUT2D eigenvalue weighted by atomic mass is 35.5. The van der Waals surface area contributed by atoms with Gasteiger partial charge in [0.1, 0.15) is 5.69 Å². The largest absolute Gasteiger partial charge is 0.314 e. The average molecular weight is 294 g/mol. The minimum Gasteiger partial charge on any atom is -0.314 e. The molecule has 0 radical (unpaired) electrons. The number of anilines is 1. The number of thioether (sulfide) groups is 1.